The predicted octanol–water partition coefficient (Wildman–Crippen LogP) is -0.584. The van der Waals surface area contributed by atoms with Gasteiger partial charge in [-0.1, -0.05) is 0 Å². The van der Waals surface area contributed by atoms with Gasteiger partial charge in [-0.15, -0.1) is 0 Å². The summed E-state index contributed by atoms with van der Waals surface area (Å²) in [5.41, 5.74) is -0.868. The molecule has 1 aliphatic heterocycles. The zero-order chi connectivity index (χ0) is 9.53. The van der Waals surface area contributed by atoms with Crippen molar-refractivity contribution in [3.63, 3.8) is 0 Å². The Morgan fingerprint density at radius 2 is 2.38 bits per heavy atom. The minimum absolute atomic E-state index is 0.0381. The van der Waals surface area contributed by atoms with Gasteiger partial charge in [-0.2, -0.15) is 0 Å². The van der Waals surface area contributed by atoms with E-state index in [0.29, 0.717) is 5.69 Å². The lowest BCUT2D eigenvalue weighted by molar-refractivity contribution is 0.0611. The van der Waals surface area contributed by atoms with Crippen LogP contribution in [-0.4, -0.2) is 35.0 Å². The van der Waals surface area contributed by atoms with Gasteiger partial charge in [0.05, 0.1) is 23.5 Å². The van der Waals surface area contributed by atoms with E-state index in [1.54, 1.807) is 0 Å². The summed E-state index contributed by atoms with van der Waals surface area (Å²) in [4.78, 5) is 6.56. The van der Waals surface area contributed by atoms with Crippen molar-refractivity contribution in [2.75, 3.05) is 11.5 Å². The van der Waals surface area contributed by atoms with Gasteiger partial charge in [0.15, 0.2) is 9.84 Å². The van der Waals surface area contributed by atoms with E-state index in [1.807, 2.05) is 0 Å². The minimum atomic E-state index is -3.08. The van der Waals surface area contributed by atoms with E-state index in [2.05, 4.69) is 9.97 Å². The molecule has 2 heterocycles. The maximum atomic E-state index is 11.1. The molecule has 0 radical (unpaired) electrons. The standard InChI is InChI=1S/C7H10N2O3S/c10-7(6-3-8-5-9-6)1-2-13(11,12)4-7/h3,5,10H,1-2,4H2,(H,8,9). The highest BCUT2D eigenvalue weighted by atomic mass is 32.2. The normalized spacial score (nSPS) is 32.1. The second-order valence-electron chi connectivity index (χ2n) is 3.33. The molecule has 1 unspecified atom stereocenters. The molecule has 1 aromatic rings. The average molecular weight is 202 g/mol. The summed E-state index contributed by atoms with van der Waals surface area (Å²) in [6.07, 6.45) is 3.19. The van der Waals surface area contributed by atoms with Gasteiger partial charge < -0.3 is 10.1 Å². The molecule has 1 fully saturated rings. The number of hydrogen-bond donors (Lipinski definition) is 2. The zero-order valence-corrected chi connectivity index (χ0v) is 7.71. The van der Waals surface area contributed by atoms with Crippen LogP contribution in [0.2, 0.25) is 0 Å². The van der Waals surface area contributed by atoms with Gasteiger partial charge in [0, 0.05) is 6.20 Å². The molecule has 1 aliphatic rings. The summed E-state index contributed by atoms with van der Waals surface area (Å²) < 4.78 is 22.3. The molecule has 0 bridgehead atoms. The molecule has 0 saturated carbocycles. The third-order valence-electron chi connectivity index (χ3n) is 2.26. The lowest BCUT2D eigenvalue weighted by Gasteiger charge is -2.16. The van der Waals surface area contributed by atoms with Gasteiger partial charge in [-0.25, -0.2) is 13.4 Å². The monoisotopic (exact) mass is 202 g/mol. The van der Waals surface area contributed by atoms with Crippen molar-refractivity contribution in [3.8, 4) is 0 Å². The van der Waals surface area contributed by atoms with Gasteiger partial charge in [0.25, 0.3) is 0 Å². The van der Waals surface area contributed by atoms with E-state index in [0.717, 1.165) is 0 Å². The Morgan fingerprint density at radius 3 is 2.85 bits per heavy atom. The van der Waals surface area contributed by atoms with Crippen LogP contribution < -0.4 is 0 Å². The summed E-state index contributed by atoms with van der Waals surface area (Å²) >= 11 is 0. The van der Waals surface area contributed by atoms with Crippen LogP contribution in [0.1, 0.15) is 12.1 Å². The molecule has 5 nitrogen and oxygen atoms in total. The summed E-state index contributed by atoms with van der Waals surface area (Å²) in [6, 6.07) is 0. The van der Waals surface area contributed by atoms with Crippen molar-refractivity contribution in [3.05, 3.63) is 18.2 Å². The summed E-state index contributed by atoms with van der Waals surface area (Å²) in [5.74, 6) is -0.179. The third kappa shape index (κ3) is 1.47. The number of H-pyrrole nitrogens is 1. The second-order valence-corrected chi connectivity index (χ2v) is 5.51. The Balaban J connectivity index is 2.35. The van der Waals surface area contributed by atoms with Crippen molar-refractivity contribution >= 4 is 9.84 Å². The maximum Gasteiger partial charge on any atom is 0.153 e. The zero-order valence-electron chi connectivity index (χ0n) is 6.90. The second kappa shape index (κ2) is 2.55. The highest BCUT2D eigenvalue weighted by molar-refractivity contribution is 7.91. The summed E-state index contributed by atoms with van der Waals surface area (Å²) in [7, 11) is -3.08. The summed E-state index contributed by atoms with van der Waals surface area (Å²) in [6.45, 7) is 0. The summed E-state index contributed by atoms with van der Waals surface area (Å²) in [5, 5.41) is 9.93. The molecule has 0 aliphatic carbocycles. The van der Waals surface area contributed by atoms with Crippen molar-refractivity contribution in [2.24, 2.45) is 0 Å². The molecule has 1 saturated heterocycles. The van der Waals surface area contributed by atoms with E-state index < -0.39 is 15.4 Å². The Kier molecular flexibility index (Phi) is 1.71. The van der Waals surface area contributed by atoms with Crippen molar-refractivity contribution < 1.29 is 13.5 Å². The SMILES string of the molecule is O=S1(=O)CCC(O)(c2c[nH]cn2)C1. The van der Waals surface area contributed by atoms with Crippen molar-refractivity contribution in [1.29, 1.82) is 0 Å². The molecule has 13 heavy (non-hydrogen) atoms. The topological polar surface area (TPSA) is 83.0 Å². The lowest BCUT2D eigenvalue weighted by atomic mass is 10.0. The van der Waals surface area contributed by atoms with E-state index in [4.69, 9.17) is 0 Å². The van der Waals surface area contributed by atoms with Gasteiger partial charge in [0.2, 0.25) is 0 Å². The first kappa shape index (κ1) is 8.71. The fourth-order valence-corrected chi connectivity index (χ4v) is 3.36. The fourth-order valence-electron chi connectivity index (χ4n) is 1.55. The number of imidazole rings is 1. The Morgan fingerprint density at radius 1 is 1.62 bits per heavy atom. The Bertz CT molecular complexity index is 397. The molecular formula is C7H10N2O3S. The van der Waals surface area contributed by atoms with Gasteiger partial charge in [-0.3, -0.25) is 0 Å². The Labute approximate surface area is 75.7 Å². The lowest BCUT2D eigenvalue weighted by Crippen LogP contribution is -2.27. The number of nitrogens with one attached hydrogen (secondary N) is 1. The number of aromatic amines is 1. The molecule has 1 atom stereocenters. The smallest absolute Gasteiger partial charge is 0.153 e. The van der Waals surface area contributed by atoms with Crippen LogP contribution in [0.4, 0.5) is 0 Å². The van der Waals surface area contributed by atoms with Crippen LogP contribution in [-0.2, 0) is 15.4 Å². The number of rotatable bonds is 1. The van der Waals surface area contributed by atoms with Crippen molar-refractivity contribution in [1.82, 2.24) is 9.97 Å². The number of aromatic nitrogens is 2. The molecule has 0 amide bonds. The van der Waals surface area contributed by atoms with E-state index in [1.165, 1.54) is 12.5 Å². The first-order chi connectivity index (χ1) is 6.02. The van der Waals surface area contributed by atoms with E-state index >= 15 is 0 Å². The number of hydrogen-bond acceptors (Lipinski definition) is 4. The molecule has 2 N–H and O–H groups in total. The molecule has 6 heteroatoms. The van der Waals surface area contributed by atoms with Crippen LogP contribution >= 0.6 is 0 Å². The van der Waals surface area contributed by atoms with Crippen molar-refractivity contribution in [2.45, 2.75) is 12.0 Å². The number of aliphatic hydroxyl groups is 1. The van der Waals surface area contributed by atoms with E-state index in [-0.39, 0.29) is 17.9 Å². The number of nitrogens with zero attached hydrogens (tertiary/aromatic N) is 1. The molecule has 72 valence electrons. The fraction of sp³-hybridized carbons (Fsp3) is 0.571. The minimum Gasteiger partial charge on any atom is -0.382 e. The van der Waals surface area contributed by atoms with Crippen LogP contribution in [0.25, 0.3) is 0 Å². The first-order valence-electron chi connectivity index (χ1n) is 3.94. The molecule has 0 spiro atoms. The molecule has 0 aromatic carbocycles. The molecular weight excluding hydrogens is 192 g/mol. The van der Waals surface area contributed by atoms with E-state index in [9.17, 15) is 13.5 Å². The van der Waals surface area contributed by atoms with Gasteiger partial charge in [0.1, 0.15) is 5.60 Å². The van der Waals surface area contributed by atoms with Crippen LogP contribution in [0.3, 0.4) is 0 Å². The molecule has 2 rings (SSSR count). The quantitative estimate of drug-likeness (QED) is 0.638. The highest BCUT2D eigenvalue weighted by Crippen LogP contribution is 2.31. The third-order valence-corrected chi connectivity index (χ3v) is 4.00. The van der Waals surface area contributed by atoms with Crippen LogP contribution in [0, 0.1) is 0 Å². The number of sulfone groups is 1. The largest absolute Gasteiger partial charge is 0.382 e. The maximum absolute atomic E-state index is 11.1. The van der Waals surface area contributed by atoms with Gasteiger partial charge >= 0.3 is 0 Å². The molecule has 1 aromatic heterocycles. The predicted molar refractivity (Wildman–Crippen MR) is 45.8 cm³/mol. The first-order valence-corrected chi connectivity index (χ1v) is 5.76. The average Bonchev–Trinajstić information content (AvgIpc) is 2.58. The van der Waals surface area contributed by atoms with Crippen LogP contribution in [0.5, 0.6) is 0 Å². The highest BCUT2D eigenvalue weighted by Gasteiger charge is 2.43. The van der Waals surface area contributed by atoms with Crippen LogP contribution in [0.15, 0.2) is 12.5 Å². The van der Waals surface area contributed by atoms with Gasteiger partial charge in [-0.05, 0) is 6.42 Å². The Hall–Kier alpha value is -0.880.